The molecular formula is C20H32ClNO2. The van der Waals surface area contributed by atoms with Crippen LogP contribution < -0.4 is 17.7 Å². The van der Waals surface area contributed by atoms with Gasteiger partial charge >= 0.3 is 0 Å². The highest BCUT2D eigenvalue weighted by molar-refractivity contribution is 5.81. The highest BCUT2D eigenvalue weighted by Gasteiger charge is 2.22. The van der Waals surface area contributed by atoms with E-state index in [0.717, 1.165) is 24.9 Å². The molecule has 4 heteroatoms. The fraction of sp³-hybridized carbons (Fsp3) is 0.650. The van der Waals surface area contributed by atoms with Crippen LogP contribution in [0.4, 0.5) is 0 Å². The number of hydrogen-bond donors (Lipinski definition) is 2. The van der Waals surface area contributed by atoms with Crippen LogP contribution in [0.15, 0.2) is 30.3 Å². The van der Waals surface area contributed by atoms with Gasteiger partial charge < -0.3 is 22.8 Å². The lowest BCUT2D eigenvalue weighted by Gasteiger charge is -2.20. The van der Waals surface area contributed by atoms with Gasteiger partial charge in [-0.05, 0) is 25.3 Å². The van der Waals surface area contributed by atoms with E-state index in [2.05, 4.69) is 5.32 Å². The van der Waals surface area contributed by atoms with Crippen LogP contribution in [0.5, 0.6) is 0 Å². The molecule has 1 aromatic carbocycles. The number of benzene rings is 1. The van der Waals surface area contributed by atoms with Crippen LogP contribution in [0, 0.1) is 5.92 Å². The first-order valence-electron chi connectivity index (χ1n) is 9.27. The minimum atomic E-state index is -0.479. The van der Waals surface area contributed by atoms with Gasteiger partial charge in [0.1, 0.15) is 17.9 Å². The summed E-state index contributed by atoms with van der Waals surface area (Å²) < 4.78 is 0. The van der Waals surface area contributed by atoms with Gasteiger partial charge in [0.2, 0.25) is 0 Å². The minimum Gasteiger partial charge on any atom is -1.00 e. The number of halogens is 1. The van der Waals surface area contributed by atoms with E-state index in [4.69, 9.17) is 0 Å². The summed E-state index contributed by atoms with van der Waals surface area (Å²) in [5, 5.41) is 12.5. The Morgan fingerprint density at radius 3 is 2.33 bits per heavy atom. The van der Waals surface area contributed by atoms with Gasteiger partial charge in [-0.2, -0.15) is 0 Å². The average molecular weight is 354 g/mol. The second kappa shape index (κ2) is 11.6. The number of nitrogens with two attached hydrogens (primary N) is 1. The number of aliphatic hydroxyl groups is 1. The molecule has 136 valence electrons. The lowest BCUT2D eigenvalue weighted by Crippen LogP contribution is -3.00. The van der Waals surface area contributed by atoms with Crippen molar-refractivity contribution in [3.05, 3.63) is 35.9 Å². The van der Waals surface area contributed by atoms with Crippen LogP contribution in [0.3, 0.4) is 0 Å². The first-order chi connectivity index (χ1) is 11.2. The number of hydrogen-bond acceptors (Lipinski definition) is 2. The van der Waals surface area contributed by atoms with Crippen molar-refractivity contribution in [3.8, 4) is 0 Å². The number of ketones is 1. The first-order valence-corrected chi connectivity index (χ1v) is 9.27. The van der Waals surface area contributed by atoms with Gasteiger partial charge in [-0.1, -0.05) is 62.4 Å². The number of rotatable bonds is 7. The number of quaternary nitrogens is 1. The molecule has 24 heavy (non-hydrogen) atoms. The molecule has 2 rings (SSSR count). The van der Waals surface area contributed by atoms with E-state index in [9.17, 15) is 9.90 Å². The van der Waals surface area contributed by atoms with Crippen LogP contribution in [-0.4, -0.2) is 23.5 Å². The van der Waals surface area contributed by atoms with E-state index in [1.54, 1.807) is 0 Å². The molecule has 0 radical (unpaired) electrons. The highest BCUT2D eigenvalue weighted by Crippen LogP contribution is 2.23. The van der Waals surface area contributed by atoms with Gasteiger partial charge in [0.25, 0.3) is 0 Å². The van der Waals surface area contributed by atoms with Crippen LogP contribution >= 0.6 is 0 Å². The van der Waals surface area contributed by atoms with E-state index >= 15 is 0 Å². The quantitative estimate of drug-likeness (QED) is 0.724. The maximum Gasteiger partial charge on any atom is 0.141 e. The van der Waals surface area contributed by atoms with Crippen LogP contribution in [0.1, 0.15) is 70.0 Å². The van der Waals surface area contributed by atoms with E-state index in [1.807, 2.05) is 37.3 Å². The summed E-state index contributed by atoms with van der Waals surface area (Å²) in [6.45, 7) is 2.80. The predicted octanol–water partition coefficient (Wildman–Crippen LogP) is -0.00440. The van der Waals surface area contributed by atoms with Crippen molar-refractivity contribution in [2.24, 2.45) is 5.92 Å². The summed E-state index contributed by atoms with van der Waals surface area (Å²) in [6, 6.07) is 9.83. The molecule has 1 aromatic rings. The topological polar surface area (TPSA) is 53.9 Å². The number of carbonyl (C=O) groups excluding carboxylic acids is 1. The van der Waals surface area contributed by atoms with Crippen molar-refractivity contribution in [3.63, 3.8) is 0 Å². The maximum absolute atomic E-state index is 12.4. The monoisotopic (exact) mass is 353 g/mol. The summed E-state index contributed by atoms with van der Waals surface area (Å²) in [4.78, 5) is 12.4. The molecule has 0 bridgehead atoms. The van der Waals surface area contributed by atoms with Crippen LogP contribution in [0.2, 0.25) is 0 Å². The van der Waals surface area contributed by atoms with Crippen molar-refractivity contribution in [1.29, 1.82) is 0 Å². The van der Waals surface area contributed by atoms with E-state index in [-0.39, 0.29) is 24.4 Å². The summed E-state index contributed by atoms with van der Waals surface area (Å²) in [5.41, 5.74) is 0.947. The normalized spacial score (nSPS) is 18.8. The molecule has 0 spiro atoms. The van der Waals surface area contributed by atoms with Crippen molar-refractivity contribution in [1.82, 2.24) is 0 Å². The fourth-order valence-electron chi connectivity index (χ4n) is 3.55. The van der Waals surface area contributed by atoms with Gasteiger partial charge in [-0.15, -0.1) is 0 Å². The highest BCUT2D eigenvalue weighted by atomic mass is 35.5. The Balaban J connectivity index is 0.00000288. The van der Waals surface area contributed by atoms with Gasteiger partial charge in [0.05, 0.1) is 13.0 Å². The minimum absolute atomic E-state index is 0. The molecule has 0 aliphatic heterocycles. The summed E-state index contributed by atoms with van der Waals surface area (Å²) in [7, 11) is 0. The second-order valence-corrected chi connectivity index (χ2v) is 7.00. The molecule has 2 atom stereocenters. The number of aliphatic hydroxyl groups excluding tert-OH is 1. The molecule has 0 saturated heterocycles. The smallest absolute Gasteiger partial charge is 0.141 e. The summed E-state index contributed by atoms with van der Waals surface area (Å²) in [6.07, 6.45) is 8.66. The third-order valence-electron chi connectivity index (χ3n) is 5.13. The summed E-state index contributed by atoms with van der Waals surface area (Å²) >= 11 is 0. The SMILES string of the molecule is CC([NH2+]CCC(=O)C1CCCCCCC1)C(O)c1ccccc1.[Cl-]. The Morgan fingerprint density at radius 1 is 1.12 bits per heavy atom. The zero-order valence-corrected chi connectivity index (χ0v) is 15.5. The predicted molar refractivity (Wildman–Crippen MR) is 93.1 cm³/mol. The molecule has 1 saturated carbocycles. The molecule has 1 fully saturated rings. The molecule has 1 aliphatic rings. The van der Waals surface area contributed by atoms with Gasteiger partial charge in [0, 0.05) is 5.92 Å². The molecule has 0 aromatic heterocycles. The fourth-order valence-corrected chi connectivity index (χ4v) is 3.55. The summed E-state index contributed by atoms with van der Waals surface area (Å²) in [5.74, 6) is 0.725. The Kier molecular flexibility index (Phi) is 10.2. The maximum atomic E-state index is 12.4. The standard InChI is InChI=1S/C20H31NO2.ClH/c1-16(20(23)18-12-8-5-9-13-18)21-15-14-19(22)17-10-6-3-2-4-7-11-17;/h5,8-9,12-13,16-17,20-21,23H,2-4,6-7,10-11,14-15H2,1H3;1H. The van der Waals surface area contributed by atoms with E-state index in [1.165, 1.54) is 32.1 Å². The first kappa shape index (κ1) is 21.1. The zero-order chi connectivity index (χ0) is 16.5. The van der Waals surface area contributed by atoms with Gasteiger partial charge in [-0.3, -0.25) is 4.79 Å². The molecule has 1 aliphatic carbocycles. The molecule has 3 N–H and O–H groups in total. The lowest BCUT2D eigenvalue weighted by molar-refractivity contribution is -0.693. The van der Waals surface area contributed by atoms with Crippen LogP contribution in [0.25, 0.3) is 0 Å². The van der Waals surface area contributed by atoms with Crippen molar-refractivity contribution < 1.29 is 27.6 Å². The Labute approximate surface area is 152 Å². The van der Waals surface area contributed by atoms with Crippen LogP contribution in [-0.2, 0) is 4.79 Å². The Morgan fingerprint density at radius 2 is 1.71 bits per heavy atom. The number of Topliss-reactive ketones (excluding diaryl/α,β-unsaturated/α-hetero) is 1. The van der Waals surface area contributed by atoms with Crippen molar-refractivity contribution in [2.45, 2.75) is 70.4 Å². The Hall–Kier alpha value is -0.900. The van der Waals surface area contributed by atoms with Gasteiger partial charge in [-0.25, -0.2) is 0 Å². The average Bonchev–Trinajstić information content (AvgIpc) is 2.54. The van der Waals surface area contributed by atoms with E-state index in [0.29, 0.717) is 12.2 Å². The third kappa shape index (κ3) is 6.92. The van der Waals surface area contributed by atoms with E-state index < -0.39 is 6.10 Å². The molecule has 0 heterocycles. The van der Waals surface area contributed by atoms with Gasteiger partial charge in [0.15, 0.2) is 0 Å². The Bertz CT molecular complexity index is 458. The lowest BCUT2D eigenvalue weighted by atomic mass is 9.87. The number of carbonyl (C=O) groups is 1. The van der Waals surface area contributed by atoms with Crippen molar-refractivity contribution in [2.75, 3.05) is 6.54 Å². The molecule has 3 nitrogen and oxygen atoms in total. The molecule has 0 amide bonds. The zero-order valence-electron chi connectivity index (χ0n) is 14.8. The third-order valence-corrected chi connectivity index (χ3v) is 5.13. The van der Waals surface area contributed by atoms with Crippen molar-refractivity contribution >= 4 is 5.78 Å². The molecular weight excluding hydrogens is 322 g/mol. The largest absolute Gasteiger partial charge is 1.00 e. The second-order valence-electron chi connectivity index (χ2n) is 7.00. The molecule has 2 unspecified atom stereocenters.